The number of carboxylic acids is 1. The van der Waals surface area contributed by atoms with Crippen molar-refractivity contribution in [2.75, 3.05) is 12.8 Å². The number of rotatable bonds is 5. The van der Waals surface area contributed by atoms with E-state index >= 15 is 0 Å². The first-order valence-corrected chi connectivity index (χ1v) is 9.43. The fourth-order valence-corrected chi connectivity index (χ4v) is 4.72. The minimum atomic E-state index is -0.702. The standard InChI is InChI=1S/C16H28N2O3S/c1-3-22-14-9-8-13(10-14)18(2)16(21)17-12-6-4-11(5-7-12)15(19)20/h11-14H,3-10H2,1-2H3,(H,17,21)(H,19,20). The third-order valence-corrected chi connectivity index (χ3v) is 6.26. The van der Waals surface area contributed by atoms with Gasteiger partial charge in [-0.15, -0.1) is 0 Å². The van der Waals surface area contributed by atoms with Gasteiger partial charge < -0.3 is 15.3 Å². The molecule has 0 heterocycles. The molecule has 0 saturated heterocycles. The van der Waals surface area contributed by atoms with E-state index in [1.165, 1.54) is 6.42 Å². The summed E-state index contributed by atoms with van der Waals surface area (Å²) in [5.74, 6) is 0.208. The van der Waals surface area contributed by atoms with Gasteiger partial charge in [0.05, 0.1) is 5.92 Å². The van der Waals surface area contributed by atoms with Gasteiger partial charge in [0.2, 0.25) is 0 Å². The van der Waals surface area contributed by atoms with Crippen molar-refractivity contribution in [3.8, 4) is 0 Å². The summed E-state index contributed by atoms with van der Waals surface area (Å²) < 4.78 is 0. The Balaban J connectivity index is 1.74. The first-order valence-electron chi connectivity index (χ1n) is 8.39. The number of carboxylic acid groups (broad SMARTS) is 1. The predicted molar refractivity (Wildman–Crippen MR) is 89.2 cm³/mol. The van der Waals surface area contributed by atoms with Gasteiger partial charge in [-0.3, -0.25) is 4.79 Å². The molecule has 2 amide bonds. The van der Waals surface area contributed by atoms with E-state index in [1.54, 1.807) is 0 Å². The van der Waals surface area contributed by atoms with Crippen LogP contribution in [0.3, 0.4) is 0 Å². The molecule has 2 N–H and O–H groups in total. The molecule has 2 rings (SSSR count). The number of urea groups is 1. The van der Waals surface area contributed by atoms with Gasteiger partial charge in [0.25, 0.3) is 0 Å². The number of aliphatic carboxylic acids is 1. The highest BCUT2D eigenvalue weighted by Gasteiger charge is 2.32. The van der Waals surface area contributed by atoms with Crippen molar-refractivity contribution in [3.05, 3.63) is 0 Å². The zero-order valence-corrected chi connectivity index (χ0v) is 14.4. The molecule has 0 aromatic heterocycles. The van der Waals surface area contributed by atoms with Crippen molar-refractivity contribution in [1.29, 1.82) is 0 Å². The van der Waals surface area contributed by atoms with Crippen LogP contribution in [-0.2, 0) is 4.79 Å². The van der Waals surface area contributed by atoms with Crippen molar-refractivity contribution < 1.29 is 14.7 Å². The summed E-state index contributed by atoms with van der Waals surface area (Å²) in [6.45, 7) is 2.18. The molecule has 0 aromatic carbocycles. The molecule has 0 spiro atoms. The Morgan fingerprint density at radius 1 is 1.18 bits per heavy atom. The molecule has 0 aromatic rings. The molecule has 6 heteroatoms. The van der Waals surface area contributed by atoms with E-state index in [0.29, 0.717) is 24.1 Å². The second kappa shape index (κ2) is 8.09. The molecule has 0 bridgehead atoms. The predicted octanol–water partition coefficient (Wildman–Crippen LogP) is 2.95. The lowest BCUT2D eigenvalue weighted by Gasteiger charge is -2.31. The Hall–Kier alpha value is -0.910. The van der Waals surface area contributed by atoms with Crippen molar-refractivity contribution in [2.24, 2.45) is 5.92 Å². The molecule has 2 unspecified atom stereocenters. The summed E-state index contributed by atoms with van der Waals surface area (Å²) in [4.78, 5) is 25.2. The monoisotopic (exact) mass is 328 g/mol. The normalized spacial score (nSPS) is 31.7. The molecular weight excluding hydrogens is 300 g/mol. The molecule has 0 aliphatic heterocycles. The SMILES string of the molecule is CCSC1CCC(N(C)C(=O)NC2CCC(C(=O)O)CC2)C1. The molecule has 0 radical (unpaired) electrons. The zero-order valence-electron chi connectivity index (χ0n) is 13.6. The van der Waals surface area contributed by atoms with E-state index in [-0.39, 0.29) is 18.0 Å². The lowest BCUT2D eigenvalue weighted by Crippen LogP contribution is -2.48. The van der Waals surface area contributed by atoms with E-state index in [0.717, 1.165) is 31.4 Å². The van der Waals surface area contributed by atoms with E-state index in [9.17, 15) is 9.59 Å². The van der Waals surface area contributed by atoms with Gasteiger partial charge in [-0.05, 0) is 50.7 Å². The summed E-state index contributed by atoms with van der Waals surface area (Å²) >= 11 is 2.00. The number of carbonyl (C=O) groups is 2. The lowest BCUT2D eigenvalue weighted by molar-refractivity contribution is -0.142. The average molecular weight is 328 g/mol. The summed E-state index contributed by atoms with van der Waals surface area (Å²) in [7, 11) is 1.89. The van der Waals surface area contributed by atoms with Gasteiger partial charge >= 0.3 is 12.0 Å². The van der Waals surface area contributed by atoms with Gasteiger partial charge in [-0.2, -0.15) is 11.8 Å². The van der Waals surface area contributed by atoms with Crippen LogP contribution >= 0.6 is 11.8 Å². The maximum absolute atomic E-state index is 12.4. The highest BCUT2D eigenvalue weighted by molar-refractivity contribution is 7.99. The van der Waals surface area contributed by atoms with E-state index in [2.05, 4.69) is 12.2 Å². The smallest absolute Gasteiger partial charge is 0.317 e. The molecule has 5 nitrogen and oxygen atoms in total. The Kier molecular flexibility index (Phi) is 6.41. The van der Waals surface area contributed by atoms with Crippen molar-refractivity contribution in [3.63, 3.8) is 0 Å². The number of hydrogen-bond donors (Lipinski definition) is 2. The molecule has 2 atom stereocenters. The maximum Gasteiger partial charge on any atom is 0.317 e. The summed E-state index contributed by atoms with van der Waals surface area (Å²) in [6, 6.07) is 0.484. The number of hydrogen-bond acceptors (Lipinski definition) is 3. The van der Waals surface area contributed by atoms with Gasteiger partial charge in [-0.1, -0.05) is 6.92 Å². The van der Waals surface area contributed by atoms with Crippen molar-refractivity contribution in [1.82, 2.24) is 10.2 Å². The van der Waals surface area contributed by atoms with Crippen LogP contribution in [0.15, 0.2) is 0 Å². The summed E-state index contributed by atoms with van der Waals surface area (Å²) in [6.07, 6.45) is 6.27. The van der Waals surface area contributed by atoms with Gasteiger partial charge in [0.15, 0.2) is 0 Å². The van der Waals surface area contributed by atoms with Crippen LogP contribution < -0.4 is 5.32 Å². The second-order valence-electron chi connectivity index (χ2n) is 6.49. The molecule has 2 fully saturated rings. The van der Waals surface area contributed by atoms with Crippen LogP contribution in [0.5, 0.6) is 0 Å². The van der Waals surface area contributed by atoms with Crippen LogP contribution in [0.1, 0.15) is 51.9 Å². The molecular formula is C16H28N2O3S. The summed E-state index contributed by atoms with van der Waals surface area (Å²) in [5, 5.41) is 12.8. The number of amides is 2. The van der Waals surface area contributed by atoms with Crippen LogP contribution in [0, 0.1) is 5.92 Å². The fourth-order valence-electron chi connectivity index (χ4n) is 3.58. The van der Waals surface area contributed by atoms with Crippen LogP contribution in [0.25, 0.3) is 0 Å². The number of nitrogens with zero attached hydrogens (tertiary/aromatic N) is 1. The lowest BCUT2D eigenvalue weighted by atomic mass is 9.86. The zero-order chi connectivity index (χ0) is 16.1. The third-order valence-electron chi connectivity index (χ3n) is 5.03. The molecule has 126 valence electrons. The molecule has 2 aliphatic carbocycles. The first kappa shape index (κ1) is 17.4. The maximum atomic E-state index is 12.4. The van der Waals surface area contributed by atoms with E-state index in [1.807, 2.05) is 23.7 Å². The Morgan fingerprint density at radius 2 is 1.86 bits per heavy atom. The Bertz CT molecular complexity index is 397. The van der Waals surface area contributed by atoms with E-state index in [4.69, 9.17) is 5.11 Å². The first-order chi connectivity index (χ1) is 10.5. The van der Waals surface area contributed by atoms with Crippen molar-refractivity contribution in [2.45, 2.75) is 69.2 Å². The minimum absolute atomic E-state index is 0.00548. The average Bonchev–Trinajstić information content (AvgIpc) is 2.96. The Morgan fingerprint density at radius 3 is 2.45 bits per heavy atom. The van der Waals surface area contributed by atoms with Gasteiger partial charge in [-0.25, -0.2) is 4.79 Å². The van der Waals surface area contributed by atoms with Gasteiger partial charge in [0.1, 0.15) is 0 Å². The molecule has 22 heavy (non-hydrogen) atoms. The van der Waals surface area contributed by atoms with Gasteiger partial charge in [0, 0.05) is 24.4 Å². The largest absolute Gasteiger partial charge is 0.481 e. The summed E-state index contributed by atoms with van der Waals surface area (Å²) in [5.41, 5.74) is 0. The number of carbonyl (C=O) groups excluding carboxylic acids is 1. The number of nitrogens with one attached hydrogen (secondary N) is 1. The van der Waals surface area contributed by atoms with Crippen molar-refractivity contribution >= 4 is 23.8 Å². The minimum Gasteiger partial charge on any atom is -0.481 e. The highest BCUT2D eigenvalue weighted by atomic mass is 32.2. The highest BCUT2D eigenvalue weighted by Crippen LogP contribution is 2.32. The van der Waals surface area contributed by atoms with Crippen LogP contribution in [0.2, 0.25) is 0 Å². The third kappa shape index (κ3) is 4.54. The molecule has 2 saturated carbocycles. The van der Waals surface area contributed by atoms with Crippen LogP contribution in [0.4, 0.5) is 4.79 Å². The fraction of sp³-hybridized carbons (Fsp3) is 0.875. The second-order valence-corrected chi connectivity index (χ2v) is 8.07. The Labute approximate surface area is 137 Å². The number of thioether (sulfide) groups is 1. The topological polar surface area (TPSA) is 69.6 Å². The van der Waals surface area contributed by atoms with E-state index < -0.39 is 5.97 Å². The quantitative estimate of drug-likeness (QED) is 0.814. The molecule has 2 aliphatic rings. The van der Waals surface area contributed by atoms with Crippen LogP contribution in [-0.4, -0.2) is 52.1 Å².